The lowest BCUT2D eigenvalue weighted by Crippen LogP contribution is -2.67. The summed E-state index contributed by atoms with van der Waals surface area (Å²) in [5, 5.41) is 0.365. The van der Waals surface area contributed by atoms with Crippen LogP contribution in [0.3, 0.4) is 0 Å². The number of nitrogens with zero attached hydrogens (tertiary/aromatic N) is 6. The van der Waals surface area contributed by atoms with E-state index in [4.69, 9.17) is 32.6 Å². The van der Waals surface area contributed by atoms with Crippen LogP contribution in [-0.4, -0.2) is 112 Å². The van der Waals surface area contributed by atoms with Gasteiger partial charge in [0.1, 0.15) is 33.6 Å². The molecule has 5 heterocycles. The molecule has 7 rings (SSSR count). The van der Waals surface area contributed by atoms with Crippen LogP contribution in [0.5, 0.6) is 0 Å². The van der Waals surface area contributed by atoms with Gasteiger partial charge in [0.05, 0.1) is 35.8 Å². The predicted octanol–water partition coefficient (Wildman–Crippen LogP) is 8.87. The Morgan fingerprint density at radius 1 is 1.05 bits per heavy atom. The van der Waals surface area contributed by atoms with Crippen molar-refractivity contribution in [1.29, 1.82) is 0 Å². The lowest BCUT2D eigenvalue weighted by molar-refractivity contribution is -0.194. The molecule has 326 valence electrons. The third-order valence-corrected chi connectivity index (χ3v) is 19.1. The number of aromatic nitrogens is 1. The minimum atomic E-state index is -5.12. The molecule has 5 atom stereocenters. The number of hydrogen-bond donors (Lipinski definition) is 0. The minimum Gasteiger partial charge on any atom is -0.415 e. The zero-order chi connectivity index (χ0) is 44.1. The van der Waals surface area contributed by atoms with E-state index in [0.717, 1.165) is 16.7 Å². The van der Waals surface area contributed by atoms with Crippen LogP contribution in [0.15, 0.2) is 52.1 Å². The normalized spacial score (nSPS) is 26.7. The Bertz CT molecular complexity index is 2150. The number of pyridine rings is 1. The number of piperazine rings is 1. The first-order valence-corrected chi connectivity index (χ1v) is 24.4. The van der Waals surface area contributed by atoms with Gasteiger partial charge in [-0.2, -0.15) is 13.2 Å². The predicted molar refractivity (Wildman–Crippen MR) is 223 cm³/mol. The monoisotopic (exact) mass is 914 g/mol. The van der Waals surface area contributed by atoms with Crippen LogP contribution in [0.1, 0.15) is 78.0 Å². The molecule has 3 amide bonds. The molecule has 3 fully saturated rings. The highest BCUT2D eigenvalue weighted by Gasteiger charge is 2.62. The number of thioether (sulfide) groups is 1. The summed E-state index contributed by atoms with van der Waals surface area (Å²) in [5.41, 5.74) is -0.547. The van der Waals surface area contributed by atoms with E-state index >= 15 is 8.78 Å². The number of amides is 3. The summed E-state index contributed by atoms with van der Waals surface area (Å²) in [5.74, 6) is -4.14. The second-order valence-electron chi connectivity index (χ2n) is 18.5. The van der Waals surface area contributed by atoms with Crippen molar-refractivity contribution in [2.24, 2.45) is 10.9 Å². The molecule has 5 aliphatic rings. The number of benzene rings is 1. The van der Waals surface area contributed by atoms with Crippen LogP contribution >= 0.6 is 35.0 Å². The number of amidine groups is 1. The summed E-state index contributed by atoms with van der Waals surface area (Å²) < 4.78 is 79.1. The number of alkyl halides is 4. The Morgan fingerprint density at radius 2 is 1.73 bits per heavy atom. The van der Waals surface area contributed by atoms with E-state index in [1.54, 1.807) is 24.4 Å². The average Bonchev–Trinajstić information content (AvgIpc) is 3.51. The number of hydrogen-bond acceptors (Lipinski definition) is 8. The molecule has 1 aromatic carbocycles. The molecule has 1 saturated carbocycles. The molecular weight excluding hydrogens is 867 g/mol. The van der Waals surface area contributed by atoms with Crippen molar-refractivity contribution in [3.8, 4) is 0 Å². The van der Waals surface area contributed by atoms with Gasteiger partial charge in [0, 0.05) is 37.0 Å². The zero-order valence-corrected chi connectivity index (χ0v) is 38.0. The van der Waals surface area contributed by atoms with Gasteiger partial charge >= 0.3 is 12.1 Å². The summed E-state index contributed by atoms with van der Waals surface area (Å²) in [6.45, 7) is 14.5. The third-order valence-electron chi connectivity index (χ3n) is 13.0. The highest BCUT2D eigenvalue weighted by atomic mass is 35.5. The number of carbonyl (C=O) groups excluding carboxylic acids is 3. The quantitative estimate of drug-likeness (QED) is 0.148. The van der Waals surface area contributed by atoms with Crippen molar-refractivity contribution in [3.63, 3.8) is 0 Å². The first-order chi connectivity index (χ1) is 27.8. The summed E-state index contributed by atoms with van der Waals surface area (Å²) >= 11 is 13.3. The summed E-state index contributed by atoms with van der Waals surface area (Å²) in [4.78, 5) is 57.6. The van der Waals surface area contributed by atoms with Gasteiger partial charge in [-0.15, -0.1) is 0 Å². The van der Waals surface area contributed by atoms with Crippen LogP contribution in [-0.2, 0) is 24.3 Å². The summed E-state index contributed by atoms with van der Waals surface area (Å²) in [6, 6.07) is 4.94. The maximum absolute atomic E-state index is 15.7. The molecule has 0 unspecified atom stereocenters. The van der Waals surface area contributed by atoms with Gasteiger partial charge in [-0.1, -0.05) is 70.0 Å². The third kappa shape index (κ3) is 7.87. The molecule has 0 radical (unpaired) electrons. The van der Waals surface area contributed by atoms with Crippen LogP contribution in [0.2, 0.25) is 28.3 Å². The van der Waals surface area contributed by atoms with E-state index in [2.05, 4.69) is 4.98 Å². The van der Waals surface area contributed by atoms with Gasteiger partial charge in [-0.05, 0) is 79.3 Å². The average molecular weight is 916 g/mol. The summed E-state index contributed by atoms with van der Waals surface area (Å²) in [6.07, 6.45) is -4.88. The maximum Gasteiger partial charge on any atom is 0.471 e. The van der Waals surface area contributed by atoms with E-state index in [1.165, 1.54) is 21.9 Å². The first-order valence-electron chi connectivity index (χ1n) is 20.0. The fourth-order valence-corrected chi connectivity index (χ4v) is 11.2. The Hall–Kier alpha value is -3.25. The topological polar surface area (TPSA) is 98.7 Å². The molecular formula is C41H49Cl2F5N6O4SSi. The molecule has 10 nitrogen and oxygen atoms in total. The Labute approximate surface area is 362 Å². The van der Waals surface area contributed by atoms with Crippen LogP contribution < -0.4 is 0 Å². The number of fused-ring (bicyclic) bond motifs is 1. The molecule has 1 spiro atoms. The van der Waals surface area contributed by atoms with Crippen LogP contribution in [0.4, 0.5) is 22.0 Å². The van der Waals surface area contributed by atoms with E-state index in [9.17, 15) is 27.6 Å². The van der Waals surface area contributed by atoms with Crippen molar-refractivity contribution in [1.82, 2.24) is 24.6 Å². The van der Waals surface area contributed by atoms with Gasteiger partial charge in [-0.3, -0.25) is 14.4 Å². The van der Waals surface area contributed by atoms with E-state index in [0.29, 0.717) is 22.0 Å². The Kier molecular flexibility index (Phi) is 11.6. The Morgan fingerprint density at radius 3 is 2.30 bits per heavy atom. The maximum atomic E-state index is 15.7. The molecule has 2 aromatic rings. The van der Waals surface area contributed by atoms with Crippen molar-refractivity contribution in [3.05, 3.63) is 74.3 Å². The van der Waals surface area contributed by atoms with Gasteiger partial charge < -0.3 is 24.0 Å². The number of likely N-dealkylation sites (tertiary alicyclic amines) is 1. The molecule has 1 aliphatic carbocycles. The molecule has 60 heavy (non-hydrogen) atoms. The standard InChI is InChI=1S/C41H49Cl2F5N6O4SSi/c1-22(2)31-32(59-37-50-39(6,24-10-12-30(43)49-17-24)33(54(31)37)23-9-11-27(42)28(45)15-23)35(56)51-18-25(44)16-29(51)34(55)52-21-40(13-14-40)53(36(57)41(46,47)48)19-26(52)20-58-60(7,8)38(3,4)5/h9-12,15,17,22,25-26,29,33H,13-14,16,18-21H2,1-8H3/t25-,26-,29+,33-,39+/m1/s1. The van der Waals surface area contributed by atoms with Gasteiger partial charge in [-0.25, -0.2) is 18.8 Å². The highest BCUT2D eigenvalue weighted by molar-refractivity contribution is 8.18. The molecule has 1 aromatic heterocycles. The van der Waals surface area contributed by atoms with Gasteiger partial charge in [0.2, 0.25) is 5.91 Å². The SMILES string of the molecule is CC(C)C1=C(C(=O)N2C[C@H](F)C[C@H]2C(=O)N2CC3(CC3)N(C(=O)C(F)(F)F)C[C@@H]2CO[Si](C)(C)C(C)(C)C)SC2=N[C@@](C)(c3ccc(Cl)nc3)[C@@H](c3ccc(Cl)c(F)c3)N21. The highest BCUT2D eigenvalue weighted by Crippen LogP contribution is 2.57. The van der Waals surface area contributed by atoms with Crippen LogP contribution in [0.25, 0.3) is 0 Å². The second-order valence-corrected chi connectivity index (χ2v) is 25.0. The lowest BCUT2D eigenvalue weighted by Gasteiger charge is -2.49. The smallest absolute Gasteiger partial charge is 0.415 e. The molecule has 19 heteroatoms. The fraction of sp³-hybridized carbons (Fsp3) is 0.585. The van der Waals surface area contributed by atoms with Crippen molar-refractivity contribution in [2.75, 3.05) is 26.2 Å². The number of rotatable bonds is 8. The number of aliphatic imine (C=N–C) groups is 1. The summed E-state index contributed by atoms with van der Waals surface area (Å²) in [7, 11) is -2.50. The number of allylic oxidation sites excluding steroid dienone is 1. The minimum absolute atomic E-state index is 0.0701. The molecule has 0 N–H and O–H groups in total. The van der Waals surface area contributed by atoms with E-state index in [-0.39, 0.29) is 65.0 Å². The van der Waals surface area contributed by atoms with Crippen molar-refractivity contribution < 1.29 is 40.8 Å². The molecule has 2 saturated heterocycles. The number of carbonyl (C=O) groups is 3. The first kappa shape index (κ1) is 44.8. The number of halogens is 7. The fourth-order valence-electron chi connectivity index (χ4n) is 8.53. The second kappa shape index (κ2) is 15.5. The van der Waals surface area contributed by atoms with E-state index < -0.39 is 80.0 Å². The van der Waals surface area contributed by atoms with E-state index in [1.807, 2.05) is 59.5 Å². The molecule has 0 bridgehead atoms. The van der Waals surface area contributed by atoms with Crippen molar-refractivity contribution >= 4 is 66.2 Å². The lowest BCUT2D eigenvalue weighted by atomic mass is 9.81. The van der Waals surface area contributed by atoms with Crippen LogP contribution in [0, 0.1) is 11.7 Å². The van der Waals surface area contributed by atoms with Gasteiger partial charge in [0.25, 0.3) is 5.91 Å². The largest absolute Gasteiger partial charge is 0.471 e. The molecule has 4 aliphatic heterocycles. The van der Waals surface area contributed by atoms with Crippen molar-refractivity contribution in [2.45, 2.75) is 120 Å². The Balaban J connectivity index is 1.24. The van der Waals surface area contributed by atoms with Gasteiger partial charge in [0.15, 0.2) is 13.5 Å². The zero-order valence-electron chi connectivity index (χ0n) is 34.7.